The monoisotopic (exact) mass is 417 g/mol. The first-order valence-corrected chi connectivity index (χ1v) is 8.63. The summed E-state index contributed by atoms with van der Waals surface area (Å²) in [4.78, 5) is 20.5. The summed E-state index contributed by atoms with van der Waals surface area (Å²) >= 11 is 0. The van der Waals surface area contributed by atoms with Gasteiger partial charge in [0.05, 0.1) is 47.3 Å². The third kappa shape index (κ3) is 4.41. The number of aryl methyl sites for hydroxylation is 1. The highest BCUT2D eigenvalue weighted by Gasteiger charge is 2.19. The number of urea groups is 1. The lowest BCUT2D eigenvalue weighted by molar-refractivity contribution is -0.0530. The number of fused-ring (bicyclic) bond motifs is 1. The number of halogens is 2. The Bertz CT molecular complexity index is 1130. The van der Waals surface area contributed by atoms with Crippen molar-refractivity contribution in [1.82, 2.24) is 19.6 Å². The number of rotatable bonds is 6. The van der Waals surface area contributed by atoms with Crippen LogP contribution in [-0.4, -0.2) is 39.3 Å². The number of nitrogens with one attached hydrogen (secondary N) is 2. The number of pyridine rings is 1. The van der Waals surface area contributed by atoms with E-state index in [0.29, 0.717) is 16.9 Å². The second-order valence-electron chi connectivity index (χ2n) is 6.15. The highest BCUT2D eigenvalue weighted by Crippen LogP contribution is 2.28. The van der Waals surface area contributed by atoms with Crippen molar-refractivity contribution in [2.24, 2.45) is 0 Å². The fourth-order valence-electron chi connectivity index (χ4n) is 2.75. The third-order valence-corrected chi connectivity index (χ3v) is 4.09. The van der Waals surface area contributed by atoms with Crippen molar-refractivity contribution in [3.05, 3.63) is 41.5 Å². The van der Waals surface area contributed by atoms with Crippen LogP contribution in [0.4, 0.5) is 25.0 Å². The van der Waals surface area contributed by atoms with Crippen LogP contribution in [0.2, 0.25) is 0 Å². The van der Waals surface area contributed by atoms with E-state index in [1.165, 1.54) is 19.4 Å². The van der Waals surface area contributed by atoms with Crippen molar-refractivity contribution in [1.29, 1.82) is 5.26 Å². The van der Waals surface area contributed by atoms with Crippen LogP contribution in [0.3, 0.4) is 0 Å². The van der Waals surface area contributed by atoms with Crippen LogP contribution in [0, 0.1) is 18.3 Å². The molecule has 2 N–H and O–H groups in total. The molecular weight excluding hydrogens is 400 g/mol. The molecule has 0 aliphatic carbocycles. The molecule has 3 heterocycles. The number of hydrogen-bond acceptors (Lipinski definition) is 7. The Balaban J connectivity index is 1.84. The molecule has 0 aliphatic rings. The predicted molar refractivity (Wildman–Crippen MR) is 101 cm³/mol. The molecule has 30 heavy (non-hydrogen) atoms. The molecule has 0 saturated heterocycles. The van der Waals surface area contributed by atoms with E-state index in [4.69, 9.17) is 10.00 Å². The van der Waals surface area contributed by atoms with Gasteiger partial charge in [0.1, 0.15) is 11.6 Å². The van der Waals surface area contributed by atoms with E-state index in [9.17, 15) is 13.6 Å². The van der Waals surface area contributed by atoms with Crippen molar-refractivity contribution in [3.8, 4) is 11.9 Å². The average molecular weight is 417 g/mol. The maximum atomic E-state index is 12.5. The predicted octanol–water partition coefficient (Wildman–Crippen LogP) is 3.26. The van der Waals surface area contributed by atoms with Crippen molar-refractivity contribution >= 4 is 23.1 Å². The fourth-order valence-corrected chi connectivity index (χ4v) is 2.75. The first-order chi connectivity index (χ1) is 14.3. The summed E-state index contributed by atoms with van der Waals surface area (Å²) in [5.41, 5.74) is 2.12. The highest BCUT2D eigenvalue weighted by molar-refractivity contribution is 6.00. The molecule has 10 nitrogen and oxygen atoms in total. The minimum absolute atomic E-state index is 0.109. The minimum atomic E-state index is -3.12. The normalized spacial score (nSPS) is 11.9. The zero-order valence-electron chi connectivity index (χ0n) is 16.2. The molecule has 0 unspecified atom stereocenters. The van der Waals surface area contributed by atoms with Crippen LogP contribution < -0.4 is 15.4 Å². The summed E-state index contributed by atoms with van der Waals surface area (Å²) in [7, 11) is 1.53. The van der Waals surface area contributed by atoms with Gasteiger partial charge in [-0.2, -0.15) is 19.1 Å². The molecule has 1 atom stereocenters. The van der Waals surface area contributed by atoms with Gasteiger partial charge < -0.3 is 20.1 Å². The summed E-state index contributed by atoms with van der Waals surface area (Å²) in [5.74, 6) is -0.529. The first-order valence-electron chi connectivity index (χ1n) is 8.63. The summed E-state index contributed by atoms with van der Waals surface area (Å²) in [6.07, 6.45) is 3.89. The Morgan fingerprint density at radius 2 is 2.10 bits per heavy atom. The first kappa shape index (κ1) is 20.9. The van der Waals surface area contributed by atoms with Gasteiger partial charge in [-0.15, -0.1) is 0 Å². The second kappa shape index (κ2) is 8.66. The lowest BCUT2D eigenvalue weighted by Crippen LogP contribution is -2.22. The largest absolute Gasteiger partial charge is 0.415 e. The lowest BCUT2D eigenvalue weighted by Gasteiger charge is -2.16. The number of carbonyl (C=O) groups is 1. The Morgan fingerprint density at radius 3 is 2.77 bits per heavy atom. The number of anilines is 2. The quantitative estimate of drug-likeness (QED) is 0.630. The maximum absolute atomic E-state index is 12.5. The standard InChI is InChI=1S/C18H17F2N7O3/c1-9-8-27-15(24-9)14(10(2)29-3)13(7-23-27)26-18(28)25-12-4-11(5-21)16(22-6-12)30-17(19)20/h4,6-8,10,17H,1-3H3,(H2,25,26,28)/t10-/m0/s1. The SMILES string of the molecule is CO[C@@H](C)c1c(NC(=O)Nc2cnc(OC(F)F)c(C#N)c2)cnn2cc(C)nc12. The number of imidazole rings is 1. The summed E-state index contributed by atoms with van der Waals surface area (Å²) < 4.78 is 35.9. The van der Waals surface area contributed by atoms with E-state index >= 15 is 0 Å². The van der Waals surface area contributed by atoms with E-state index in [1.54, 1.807) is 23.7 Å². The number of amides is 2. The number of carbonyl (C=O) groups excluding carboxylic acids is 1. The molecule has 156 valence electrons. The van der Waals surface area contributed by atoms with Crippen LogP contribution >= 0.6 is 0 Å². The zero-order chi connectivity index (χ0) is 21.8. The Morgan fingerprint density at radius 1 is 1.33 bits per heavy atom. The number of hydrogen-bond donors (Lipinski definition) is 2. The maximum Gasteiger partial charge on any atom is 0.388 e. The van der Waals surface area contributed by atoms with E-state index in [1.807, 2.05) is 6.92 Å². The van der Waals surface area contributed by atoms with Crippen LogP contribution in [-0.2, 0) is 4.74 Å². The highest BCUT2D eigenvalue weighted by atomic mass is 19.3. The van der Waals surface area contributed by atoms with E-state index in [0.717, 1.165) is 11.9 Å². The molecule has 0 aromatic carbocycles. The van der Waals surface area contributed by atoms with Crippen molar-refractivity contribution in [3.63, 3.8) is 0 Å². The number of alkyl halides is 2. The molecular formula is C18H17F2N7O3. The van der Waals surface area contributed by atoms with Gasteiger partial charge in [-0.05, 0) is 19.9 Å². The minimum Gasteiger partial charge on any atom is -0.415 e. The van der Waals surface area contributed by atoms with Crippen LogP contribution in [0.15, 0.2) is 24.7 Å². The van der Waals surface area contributed by atoms with Crippen molar-refractivity contribution in [2.75, 3.05) is 17.7 Å². The average Bonchev–Trinajstić information content (AvgIpc) is 3.08. The number of aromatic nitrogens is 4. The van der Waals surface area contributed by atoms with E-state index in [-0.39, 0.29) is 11.3 Å². The zero-order valence-corrected chi connectivity index (χ0v) is 16.2. The van der Waals surface area contributed by atoms with Gasteiger partial charge in [0.25, 0.3) is 0 Å². The van der Waals surface area contributed by atoms with E-state index < -0.39 is 24.6 Å². The summed E-state index contributed by atoms with van der Waals surface area (Å²) in [5, 5.41) is 18.4. The van der Waals surface area contributed by atoms with Crippen molar-refractivity contribution in [2.45, 2.75) is 26.6 Å². The molecule has 0 bridgehead atoms. The number of nitrogens with zero attached hydrogens (tertiary/aromatic N) is 5. The van der Waals surface area contributed by atoms with Crippen LogP contribution in [0.1, 0.15) is 29.8 Å². The second-order valence-corrected chi connectivity index (χ2v) is 6.15. The molecule has 3 aromatic heterocycles. The Kier molecular flexibility index (Phi) is 6.03. The van der Waals surface area contributed by atoms with Gasteiger partial charge in [0, 0.05) is 7.11 Å². The van der Waals surface area contributed by atoms with Crippen LogP contribution in [0.5, 0.6) is 5.88 Å². The smallest absolute Gasteiger partial charge is 0.388 e. The fraction of sp³-hybridized carbons (Fsp3) is 0.278. The van der Waals surface area contributed by atoms with Gasteiger partial charge in [-0.1, -0.05) is 0 Å². The van der Waals surface area contributed by atoms with E-state index in [2.05, 4.69) is 30.4 Å². The number of nitriles is 1. The molecule has 3 rings (SSSR count). The Labute approximate surface area is 169 Å². The molecule has 3 aromatic rings. The molecule has 0 fully saturated rings. The molecule has 2 amide bonds. The topological polar surface area (TPSA) is 126 Å². The lowest BCUT2D eigenvalue weighted by atomic mass is 10.1. The number of methoxy groups -OCH3 is 1. The van der Waals surface area contributed by atoms with Gasteiger partial charge in [-0.25, -0.2) is 19.3 Å². The third-order valence-electron chi connectivity index (χ3n) is 4.09. The van der Waals surface area contributed by atoms with Gasteiger partial charge in [0.15, 0.2) is 5.65 Å². The molecule has 12 heteroatoms. The van der Waals surface area contributed by atoms with Gasteiger partial charge in [0.2, 0.25) is 5.88 Å². The summed E-state index contributed by atoms with van der Waals surface area (Å²) in [6.45, 7) is 0.492. The molecule has 0 spiro atoms. The van der Waals surface area contributed by atoms with Crippen molar-refractivity contribution < 1.29 is 23.0 Å². The number of ether oxygens (including phenoxy) is 2. The Hall–Kier alpha value is -3.85. The van der Waals surface area contributed by atoms with Gasteiger partial charge in [-0.3, -0.25) is 0 Å². The molecule has 0 saturated carbocycles. The molecule has 0 aliphatic heterocycles. The van der Waals surface area contributed by atoms with Crippen LogP contribution in [0.25, 0.3) is 5.65 Å². The van der Waals surface area contributed by atoms with Gasteiger partial charge >= 0.3 is 12.6 Å². The summed E-state index contributed by atoms with van der Waals surface area (Å²) in [6, 6.07) is 2.19. The molecule has 0 radical (unpaired) electrons.